The molecule has 1 aromatic carbocycles. The van der Waals surface area contributed by atoms with Crippen LogP contribution in [0.15, 0.2) is 41.0 Å². The standard InChI is InChI=1S/C12H8BrClFNO/c13-10-4-3-9(15)6-11(10)17-12-8(7-14)2-1-5-16-12/h1-6H,7H2. The van der Waals surface area contributed by atoms with E-state index in [1.807, 2.05) is 6.07 Å². The quantitative estimate of drug-likeness (QED) is 0.777. The number of alkyl halides is 1. The van der Waals surface area contributed by atoms with E-state index in [-0.39, 0.29) is 11.7 Å². The molecule has 1 aromatic heterocycles. The topological polar surface area (TPSA) is 22.1 Å². The van der Waals surface area contributed by atoms with Gasteiger partial charge >= 0.3 is 0 Å². The van der Waals surface area contributed by atoms with Crippen LogP contribution in [0.5, 0.6) is 11.6 Å². The second-order valence-corrected chi connectivity index (χ2v) is 4.40. The fraction of sp³-hybridized carbons (Fsp3) is 0.0833. The van der Waals surface area contributed by atoms with Crippen molar-refractivity contribution in [3.63, 3.8) is 0 Å². The molecule has 17 heavy (non-hydrogen) atoms. The molecule has 0 unspecified atom stereocenters. The van der Waals surface area contributed by atoms with Gasteiger partial charge in [-0.25, -0.2) is 9.37 Å². The van der Waals surface area contributed by atoms with Crippen molar-refractivity contribution in [2.24, 2.45) is 0 Å². The van der Waals surface area contributed by atoms with E-state index >= 15 is 0 Å². The molecule has 0 aliphatic rings. The third-order valence-electron chi connectivity index (χ3n) is 2.09. The summed E-state index contributed by atoms with van der Waals surface area (Å²) < 4.78 is 19.3. The second-order valence-electron chi connectivity index (χ2n) is 3.28. The van der Waals surface area contributed by atoms with Crippen LogP contribution in [-0.2, 0) is 5.88 Å². The van der Waals surface area contributed by atoms with Crippen molar-refractivity contribution in [2.75, 3.05) is 0 Å². The van der Waals surface area contributed by atoms with Crippen LogP contribution >= 0.6 is 27.5 Å². The number of ether oxygens (including phenoxy) is 1. The molecule has 0 atom stereocenters. The Hall–Kier alpha value is -1.13. The monoisotopic (exact) mass is 315 g/mol. The molecule has 2 nitrogen and oxygen atoms in total. The van der Waals surface area contributed by atoms with Crippen LogP contribution in [0.3, 0.4) is 0 Å². The van der Waals surface area contributed by atoms with Crippen LogP contribution in [-0.4, -0.2) is 4.98 Å². The first kappa shape index (κ1) is 12.3. The zero-order valence-corrected chi connectivity index (χ0v) is 11.0. The Morgan fingerprint density at radius 2 is 2.18 bits per heavy atom. The van der Waals surface area contributed by atoms with Gasteiger partial charge in [-0.3, -0.25) is 0 Å². The molecular weight excluding hydrogens is 308 g/mol. The van der Waals surface area contributed by atoms with Crippen LogP contribution in [0, 0.1) is 5.82 Å². The van der Waals surface area contributed by atoms with Gasteiger partial charge in [-0.1, -0.05) is 6.07 Å². The number of hydrogen-bond acceptors (Lipinski definition) is 2. The van der Waals surface area contributed by atoms with E-state index in [4.69, 9.17) is 16.3 Å². The van der Waals surface area contributed by atoms with E-state index in [0.29, 0.717) is 16.1 Å². The molecule has 0 saturated carbocycles. The second kappa shape index (κ2) is 5.47. The molecule has 0 fully saturated rings. The molecule has 88 valence electrons. The highest BCUT2D eigenvalue weighted by Gasteiger charge is 2.08. The summed E-state index contributed by atoms with van der Waals surface area (Å²) in [6.07, 6.45) is 1.60. The number of rotatable bonds is 3. The maximum absolute atomic E-state index is 13.1. The highest BCUT2D eigenvalue weighted by molar-refractivity contribution is 9.10. The van der Waals surface area contributed by atoms with Crippen molar-refractivity contribution in [2.45, 2.75) is 5.88 Å². The van der Waals surface area contributed by atoms with Crippen LogP contribution in [0.4, 0.5) is 4.39 Å². The number of benzene rings is 1. The van der Waals surface area contributed by atoms with Gasteiger partial charge in [0.2, 0.25) is 5.88 Å². The molecule has 2 aromatic rings. The first-order valence-corrected chi connectivity index (χ1v) is 6.16. The van der Waals surface area contributed by atoms with Gasteiger partial charge in [0.25, 0.3) is 0 Å². The Labute approximate surface area is 112 Å². The Kier molecular flexibility index (Phi) is 3.97. The van der Waals surface area contributed by atoms with Crippen molar-refractivity contribution >= 4 is 27.5 Å². The maximum atomic E-state index is 13.1. The van der Waals surface area contributed by atoms with E-state index in [1.165, 1.54) is 12.1 Å². The van der Waals surface area contributed by atoms with E-state index in [0.717, 1.165) is 5.56 Å². The van der Waals surface area contributed by atoms with Gasteiger partial charge in [0.1, 0.15) is 11.6 Å². The lowest BCUT2D eigenvalue weighted by molar-refractivity contribution is 0.451. The highest BCUT2D eigenvalue weighted by atomic mass is 79.9. The molecule has 0 saturated heterocycles. The maximum Gasteiger partial charge on any atom is 0.223 e. The van der Waals surface area contributed by atoms with Crippen LogP contribution in [0.1, 0.15) is 5.56 Å². The zero-order valence-electron chi connectivity index (χ0n) is 8.66. The van der Waals surface area contributed by atoms with Gasteiger partial charge in [-0.2, -0.15) is 0 Å². The molecule has 0 spiro atoms. The average molecular weight is 317 g/mol. The Bertz CT molecular complexity index is 536. The molecule has 0 N–H and O–H groups in total. The lowest BCUT2D eigenvalue weighted by atomic mass is 10.3. The number of pyridine rings is 1. The van der Waals surface area contributed by atoms with Crippen molar-refractivity contribution < 1.29 is 9.13 Å². The van der Waals surface area contributed by atoms with E-state index in [9.17, 15) is 4.39 Å². The summed E-state index contributed by atoms with van der Waals surface area (Å²) in [5, 5.41) is 0. The third kappa shape index (κ3) is 2.96. The fourth-order valence-corrected chi connectivity index (χ4v) is 1.81. The fourth-order valence-electron chi connectivity index (χ4n) is 1.28. The third-order valence-corrected chi connectivity index (χ3v) is 3.04. The molecule has 0 aliphatic carbocycles. The van der Waals surface area contributed by atoms with Crippen LogP contribution < -0.4 is 4.74 Å². The van der Waals surface area contributed by atoms with Gasteiger partial charge in [-0.15, -0.1) is 11.6 Å². The predicted octanol–water partition coefficient (Wildman–Crippen LogP) is 4.51. The minimum atomic E-state index is -0.369. The summed E-state index contributed by atoms with van der Waals surface area (Å²) in [5.41, 5.74) is 0.755. The van der Waals surface area contributed by atoms with Crippen molar-refractivity contribution in [1.29, 1.82) is 0 Å². The minimum Gasteiger partial charge on any atom is -0.437 e. The zero-order chi connectivity index (χ0) is 12.3. The Morgan fingerprint density at radius 1 is 1.35 bits per heavy atom. The lowest BCUT2D eigenvalue weighted by Crippen LogP contribution is -1.93. The normalized spacial score (nSPS) is 10.3. The van der Waals surface area contributed by atoms with Crippen molar-refractivity contribution in [3.8, 4) is 11.6 Å². The predicted molar refractivity (Wildman–Crippen MR) is 68.0 cm³/mol. The Morgan fingerprint density at radius 3 is 2.94 bits per heavy atom. The lowest BCUT2D eigenvalue weighted by Gasteiger charge is -2.09. The Balaban J connectivity index is 2.34. The molecule has 0 amide bonds. The van der Waals surface area contributed by atoms with Gasteiger partial charge in [0.15, 0.2) is 0 Å². The summed E-state index contributed by atoms with van der Waals surface area (Å²) in [4.78, 5) is 4.07. The van der Waals surface area contributed by atoms with Crippen molar-refractivity contribution in [1.82, 2.24) is 4.98 Å². The molecule has 0 radical (unpaired) electrons. The summed E-state index contributed by atoms with van der Waals surface area (Å²) in [7, 11) is 0. The van der Waals surface area contributed by atoms with E-state index in [1.54, 1.807) is 18.3 Å². The number of hydrogen-bond donors (Lipinski definition) is 0. The minimum absolute atomic E-state index is 0.288. The van der Waals surface area contributed by atoms with Gasteiger partial charge in [0, 0.05) is 17.8 Å². The highest BCUT2D eigenvalue weighted by Crippen LogP contribution is 2.31. The van der Waals surface area contributed by atoms with Crippen LogP contribution in [0.2, 0.25) is 0 Å². The molecule has 1 heterocycles. The largest absolute Gasteiger partial charge is 0.437 e. The number of aromatic nitrogens is 1. The SMILES string of the molecule is Fc1ccc(Br)c(Oc2ncccc2CCl)c1. The average Bonchev–Trinajstić information content (AvgIpc) is 2.34. The summed E-state index contributed by atoms with van der Waals surface area (Å²) >= 11 is 9.05. The molecule has 0 bridgehead atoms. The smallest absolute Gasteiger partial charge is 0.223 e. The number of nitrogens with zero attached hydrogens (tertiary/aromatic N) is 1. The van der Waals surface area contributed by atoms with E-state index < -0.39 is 0 Å². The molecular formula is C12H8BrClFNO. The van der Waals surface area contributed by atoms with Gasteiger partial charge in [0.05, 0.1) is 10.4 Å². The van der Waals surface area contributed by atoms with E-state index in [2.05, 4.69) is 20.9 Å². The summed E-state index contributed by atoms with van der Waals surface area (Å²) in [6.45, 7) is 0. The van der Waals surface area contributed by atoms with Crippen LogP contribution in [0.25, 0.3) is 0 Å². The summed E-state index contributed by atoms with van der Waals surface area (Å²) in [6, 6.07) is 7.79. The van der Waals surface area contributed by atoms with Gasteiger partial charge < -0.3 is 4.74 Å². The summed E-state index contributed by atoms with van der Waals surface area (Å²) in [5.74, 6) is 0.672. The molecule has 2 rings (SSSR count). The number of halogens is 3. The van der Waals surface area contributed by atoms with Crippen molar-refractivity contribution in [3.05, 3.63) is 52.4 Å². The molecule has 5 heteroatoms. The van der Waals surface area contributed by atoms with Gasteiger partial charge in [-0.05, 0) is 34.1 Å². The molecule has 0 aliphatic heterocycles. The first-order valence-electron chi connectivity index (χ1n) is 4.83. The first-order chi connectivity index (χ1) is 8.20.